The lowest BCUT2D eigenvalue weighted by atomic mass is 9.33. The van der Waals surface area contributed by atoms with E-state index in [0.717, 1.165) is 5.57 Å². The van der Waals surface area contributed by atoms with E-state index in [0.29, 0.717) is 38.5 Å². The molecule has 4 saturated carbocycles. The molecule has 8 fully saturated rings. The Labute approximate surface area is 518 Å². The van der Waals surface area contributed by atoms with Crippen LogP contribution in [0.1, 0.15) is 128 Å². The summed E-state index contributed by atoms with van der Waals surface area (Å²) in [6.07, 6.45) is -28.5. The van der Waals surface area contributed by atoms with Gasteiger partial charge in [-0.15, -0.1) is 0 Å². The first-order valence-corrected chi connectivity index (χ1v) is 31.4. The van der Waals surface area contributed by atoms with Crippen molar-refractivity contribution in [2.45, 2.75) is 269 Å². The second-order valence-electron chi connectivity index (χ2n) is 28.8. The van der Waals surface area contributed by atoms with Crippen LogP contribution in [0.25, 0.3) is 0 Å². The molecule has 0 spiro atoms. The maximum atomic E-state index is 13.3. The van der Waals surface area contributed by atoms with E-state index < -0.39 is 217 Å². The number of ether oxygens (including phenoxy) is 10. The van der Waals surface area contributed by atoms with Crippen LogP contribution < -0.4 is 0 Å². The predicted molar refractivity (Wildman–Crippen MR) is 307 cm³/mol. The fourth-order valence-electron chi connectivity index (χ4n) is 17.6. The van der Waals surface area contributed by atoms with Gasteiger partial charge in [0, 0.05) is 11.1 Å². The fraction of sp³-hybridized carbons (Fsp3) is 0.857. The fourth-order valence-corrected chi connectivity index (χ4v) is 17.6. The largest absolute Gasteiger partial charge is 0.479 e. The molecule has 506 valence electrons. The minimum Gasteiger partial charge on any atom is -0.479 e. The minimum absolute atomic E-state index is 0.0156. The van der Waals surface area contributed by atoms with Crippen molar-refractivity contribution in [3.05, 3.63) is 34.9 Å². The van der Waals surface area contributed by atoms with Gasteiger partial charge in [0.15, 0.2) is 43.5 Å². The molecule has 0 aromatic heterocycles. The molecule has 9 rings (SSSR count). The zero-order chi connectivity index (χ0) is 65.7. The van der Waals surface area contributed by atoms with Crippen molar-refractivity contribution in [3.63, 3.8) is 0 Å². The van der Waals surface area contributed by atoms with Gasteiger partial charge in [-0.25, -0.2) is 14.4 Å². The number of carboxylic acid groups (broad SMARTS) is 1. The molecule has 30 atom stereocenters. The molecule has 0 radical (unpaired) electrons. The Hall–Kier alpha value is -3.17. The van der Waals surface area contributed by atoms with E-state index in [1.807, 2.05) is 27.7 Å². The lowest BCUT2D eigenvalue weighted by Gasteiger charge is -2.72. The van der Waals surface area contributed by atoms with Gasteiger partial charge in [0.2, 0.25) is 0 Å². The highest BCUT2D eigenvalue weighted by molar-refractivity contribution is 5.88. The topological polar surface area (TPSA) is 407 Å². The van der Waals surface area contributed by atoms with Crippen molar-refractivity contribution >= 4 is 17.9 Å². The normalized spacial score (nSPS) is 49.7. The molecule has 10 unspecified atom stereocenters. The van der Waals surface area contributed by atoms with Crippen LogP contribution in [0.4, 0.5) is 0 Å². The summed E-state index contributed by atoms with van der Waals surface area (Å²) in [5.74, 6) is -3.81. The molecule has 26 heteroatoms. The maximum absolute atomic E-state index is 13.3. The average molecular weight is 1270 g/mol. The molecule has 0 aromatic rings. The second-order valence-corrected chi connectivity index (χ2v) is 28.8. The summed E-state index contributed by atoms with van der Waals surface area (Å²) < 4.78 is 61.1. The highest BCUT2D eigenvalue weighted by atomic mass is 16.8. The lowest BCUT2D eigenvalue weighted by molar-refractivity contribution is -0.386. The van der Waals surface area contributed by atoms with Gasteiger partial charge in [-0.2, -0.15) is 0 Å². The standard InChI is InChI=1S/C63H98O26/c1-13-26(3)52(78)84-44-28(5)80-56(43(74)46(44)85-53(79)27(4)14-2)89-50-49(75)63(25-66)30(21-58(50,6)7)29-15-16-34-60(10)19-18-36(59(8,9)33(60)17-20-61(34,11)62(29,12)22-35(63)67)83-57-48(88-55-41(72)39(70)37(68)31(23-64)81-55)45(42(73)47(87-57)51(76)77)86-54-40(71)38(69)32(24-65)82-54/h13-15,28,30-50,54-57,64-75H,16-25H2,1-12H3,(H,76,77)/b26-13-,27-14-/t28?,30?,31?,32-,33?,34?,35-,36+,37+,38+,39+,40?,41?,42-,43?,44+,45+,46-,47?,48?,49+,50+,54+,55+,56+,57-,60+,61-,62-,63+/m1/s1. The van der Waals surface area contributed by atoms with E-state index in [9.17, 15) is 80.8 Å². The number of rotatable bonds is 16. The molecular weight excluding hydrogens is 1170 g/mol. The van der Waals surface area contributed by atoms with Crippen LogP contribution in [0.15, 0.2) is 34.9 Å². The van der Waals surface area contributed by atoms with Crippen LogP contribution in [0.3, 0.4) is 0 Å². The number of allylic oxidation sites excluding steroid dienone is 4. The summed E-state index contributed by atoms with van der Waals surface area (Å²) in [5.41, 5.74) is -3.33. The van der Waals surface area contributed by atoms with E-state index in [-0.39, 0.29) is 29.4 Å². The number of carbonyl (C=O) groups is 3. The Kier molecular flexibility index (Phi) is 20.4. The summed E-state index contributed by atoms with van der Waals surface area (Å²) in [6, 6.07) is 0. The van der Waals surface area contributed by atoms with E-state index in [4.69, 9.17) is 47.4 Å². The van der Waals surface area contributed by atoms with Crippen molar-refractivity contribution < 1.29 is 128 Å². The number of esters is 2. The Morgan fingerprint density at radius 3 is 1.72 bits per heavy atom. The number of carboxylic acids is 1. The van der Waals surface area contributed by atoms with Gasteiger partial charge < -0.3 is 114 Å². The highest BCUT2D eigenvalue weighted by Gasteiger charge is 2.73. The number of fused-ring (bicyclic) bond motifs is 7. The summed E-state index contributed by atoms with van der Waals surface area (Å²) >= 11 is 0. The number of hydrogen-bond donors (Lipinski definition) is 13. The zero-order valence-corrected chi connectivity index (χ0v) is 52.9. The molecule has 89 heavy (non-hydrogen) atoms. The summed E-state index contributed by atoms with van der Waals surface area (Å²) in [4.78, 5) is 39.3. The molecule has 4 aliphatic heterocycles. The van der Waals surface area contributed by atoms with Crippen molar-refractivity contribution in [3.8, 4) is 0 Å². The van der Waals surface area contributed by atoms with Gasteiger partial charge in [0.05, 0.1) is 55.8 Å². The molecule has 26 nitrogen and oxygen atoms in total. The number of aliphatic hydroxyl groups is 12. The summed E-state index contributed by atoms with van der Waals surface area (Å²) in [7, 11) is 0. The molecule has 0 bridgehead atoms. The van der Waals surface area contributed by atoms with Gasteiger partial charge in [-0.1, -0.05) is 72.3 Å². The summed E-state index contributed by atoms with van der Waals surface area (Å²) in [5, 5.41) is 146. The van der Waals surface area contributed by atoms with Gasteiger partial charge >= 0.3 is 17.9 Å². The Bertz CT molecular complexity index is 2660. The molecule has 0 amide bonds. The van der Waals surface area contributed by atoms with Crippen molar-refractivity contribution in [1.82, 2.24) is 0 Å². The monoisotopic (exact) mass is 1270 g/mol. The minimum atomic E-state index is -2.12. The van der Waals surface area contributed by atoms with E-state index in [1.165, 1.54) is 13.0 Å². The Morgan fingerprint density at radius 2 is 1.16 bits per heavy atom. The van der Waals surface area contributed by atoms with E-state index >= 15 is 0 Å². The van der Waals surface area contributed by atoms with Crippen LogP contribution in [-0.2, 0) is 61.8 Å². The Balaban J connectivity index is 0.986. The SMILES string of the molecule is C/C=C(/C)C(=O)O[C@@H]1C(O)[C@H](O[C@H]2[C@H](O)[C@@]3(CO)C(CC2(C)C)C2=CCC4[C@@]5(C)CC[C@H](O[C@@H]6OC(C(=O)O)[C@H](O)[C@H](O[C@@H]7O[C@H](CO)[C@H](O)C7O)C6O[C@@H]6OC(CO)[C@H](O)[C@H](O)C6O)C(C)(C)C5CC[C@@]4(C)[C@]2(C)C[C@H]3O)OC(C)[C@@H]1OC(=O)/C(C)=C\C. The molecule has 9 aliphatic rings. The first-order valence-electron chi connectivity index (χ1n) is 31.4. The maximum Gasteiger partial charge on any atom is 0.335 e. The first kappa shape index (κ1) is 70.2. The van der Waals surface area contributed by atoms with Gasteiger partial charge in [-0.3, -0.25) is 0 Å². The third-order valence-corrected chi connectivity index (χ3v) is 23.3. The molecule has 5 aliphatic carbocycles. The molecule has 13 N–H and O–H groups in total. The zero-order valence-electron chi connectivity index (χ0n) is 52.9. The first-order chi connectivity index (χ1) is 41.6. The van der Waals surface area contributed by atoms with Crippen LogP contribution >= 0.6 is 0 Å². The molecule has 0 aromatic carbocycles. The second kappa shape index (κ2) is 25.9. The third kappa shape index (κ3) is 11.6. The van der Waals surface area contributed by atoms with E-state index in [1.54, 1.807) is 33.8 Å². The number of aliphatic carboxylic acids is 1. The van der Waals surface area contributed by atoms with E-state index in [2.05, 4.69) is 26.8 Å². The lowest BCUT2D eigenvalue weighted by Crippen LogP contribution is -2.72. The van der Waals surface area contributed by atoms with Crippen molar-refractivity contribution in [2.24, 2.45) is 50.2 Å². The van der Waals surface area contributed by atoms with Crippen LogP contribution in [0.2, 0.25) is 0 Å². The van der Waals surface area contributed by atoms with Crippen LogP contribution in [0, 0.1) is 50.2 Å². The number of aliphatic hydroxyl groups excluding tert-OH is 12. The quantitative estimate of drug-likeness (QED) is 0.0423. The third-order valence-electron chi connectivity index (χ3n) is 23.3. The molecule has 4 heterocycles. The highest BCUT2D eigenvalue weighted by Crippen LogP contribution is 2.76. The average Bonchev–Trinajstić information content (AvgIpc) is 0.921. The smallest absolute Gasteiger partial charge is 0.335 e. The summed E-state index contributed by atoms with van der Waals surface area (Å²) in [6.45, 7) is 20.4. The number of hydrogen-bond acceptors (Lipinski definition) is 25. The predicted octanol–water partition coefficient (Wildman–Crippen LogP) is 0.144. The Morgan fingerprint density at radius 1 is 0.607 bits per heavy atom. The van der Waals surface area contributed by atoms with Gasteiger partial charge in [0.1, 0.15) is 67.1 Å². The molecule has 4 saturated heterocycles. The van der Waals surface area contributed by atoms with Crippen LogP contribution in [-0.4, -0.2) is 245 Å². The van der Waals surface area contributed by atoms with Gasteiger partial charge in [-0.05, 0) is 124 Å². The molecular formula is C63H98O26. The van der Waals surface area contributed by atoms with Crippen molar-refractivity contribution in [1.29, 1.82) is 0 Å². The van der Waals surface area contributed by atoms with Crippen molar-refractivity contribution in [2.75, 3.05) is 19.8 Å². The number of carbonyl (C=O) groups excluding carboxylic acids is 2. The van der Waals surface area contributed by atoms with Gasteiger partial charge in [0.25, 0.3) is 0 Å². The van der Waals surface area contributed by atoms with Crippen LogP contribution in [0.5, 0.6) is 0 Å².